The molecule has 3 N–H and O–H groups in total. The molecule has 2 rings (SSSR count). The van der Waals surface area contributed by atoms with E-state index in [-0.39, 0.29) is 24.3 Å². The van der Waals surface area contributed by atoms with Gasteiger partial charge in [0, 0.05) is 23.1 Å². The quantitative estimate of drug-likeness (QED) is 0.439. The lowest BCUT2D eigenvalue weighted by Gasteiger charge is -2.41. The summed E-state index contributed by atoms with van der Waals surface area (Å²) in [6.45, 7) is 5.27. The summed E-state index contributed by atoms with van der Waals surface area (Å²) in [5.74, 6) is -0.899. The van der Waals surface area contributed by atoms with Gasteiger partial charge in [-0.2, -0.15) is 8.42 Å². The molecule has 0 aliphatic carbocycles. The van der Waals surface area contributed by atoms with Crippen LogP contribution in [0.3, 0.4) is 0 Å². The first-order valence-corrected chi connectivity index (χ1v) is 10.3. The number of carbonyl (C=O) groups excluding carboxylic acids is 1. The second kappa shape index (κ2) is 9.53. The largest absolute Gasteiger partial charge is 0.462 e. The number of nitrogens with one attached hydrogen (secondary N) is 2. The third-order valence-electron chi connectivity index (χ3n) is 3.69. The molecule has 1 heterocycles. The fourth-order valence-electron chi connectivity index (χ4n) is 2.38. The van der Waals surface area contributed by atoms with Crippen molar-refractivity contribution >= 4 is 32.5 Å². The van der Waals surface area contributed by atoms with Crippen molar-refractivity contribution in [2.45, 2.75) is 43.7 Å². The van der Waals surface area contributed by atoms with Crippen LogP contribution in [-0.4, -0.2) is 49.9 Å². The van der Waals surface area contributed by atoms with Crippen molar-refractivity contribution in [3.8, 4) is 0 Å². The average Bonchev–Trinajstić information content (AvgIpc) is 2.55. The second-order valence-corrected chi connectivity index (χ2v) is 9.52. The molecule has 7 nitrogen and oxygen atoms in total. The molecule has 1 aromatic rings. The van der Waals surface area contributed by atoms with E-state index in [1.54, 1.807) is 0 Å². The first kappa shape index (κ1) is 24.8. The molecule has 12 heteroatoms. The fourth-order valence-corrected chi connectivity index (χ4v) is 3.43. The van der Waals surface area contributed by atoms with Crippen LogP contribution in [0.1, 0.15) is 26.3 Å². The van der Waals surface area contributed by atoms with Gasteiger partial charge in [-0.1, -0.05) is 15.9 Å². The summed E-state index contributed by atoms with van der Waals surface area (Å²) in [7, 11) is -4.60. The molecule has 0 bridgehead atoms. The summed E-state index contributed by atoms with van der Waals surface area (Å²) in [4.78, 5) is 9.60. The number of ether oxygens (including phenoxy) is 1. The predicted molar refractivity (Wildman–Crippen MR) is 100 cm³/mol. The van der Waals surface area contributed by atoms with E-state index in [0.29, 0.717) is 10.9 Å². The molecule has 2 unspecified atom stereocenters. The Morgan fingerprint density at radius 3 is 2.43 bits per heavy atom. The van der Waals surface area contributed by atoms with E-state index in [0.717, 1.165) is 12.1 Å². The predicted octanol–water partition coefficient (Wildman–Crippen LogP) is 2.41. The zero-order valence-corrected chi connectivity index (χ0v) is 17.8. The summed E-state index contributed by atoms with van der Waals surface area (Å²) < 4.78 is 77.4. The van der Waals surface area contributed by atoms with Gasteiger partial charge in [0.05, 0.1) is 0 Å². The molecular weight excluding hydrogens is 469 g/mol. The summed E-state index contributed by atoms with van der Waals surface area (Å²) >= 11 is 3.06. The molecule has 1 aliphatic rings. The van der Waals surface area contributed by atoms with E-state index < -0.39 is 33.3 Å². The van der Waals surface area contributed by atoms with Crippen LogP contribution < -0.4 is 10.6 Å². The van der Waals surface area contributed by atoms with Gasteiger partial charge in [-0.3, -0.25) is 14.7 Å². The molecule has 0 spiro atoms. The van der Waals surface area contributed by atoms with Crippen LogP contribution in [0.25, 0.3) is 0 Å². The SMILES string of the molecule is CC(C)(C)OC=O.O=S(=O)(O)C1CNCC(c2cc(Br)ccc2F)(C(F)F)N1. The van der Waals surface area contributed by atoms with Crippen molar-refractivity contribution in [1.82, 2.24) is 10.6 Å². The number of benzene rings is 1. The molecule has 0 radical (unpaired) electrons. The Bertz CT molecular complexity index is 789. The van der Waals surface area contributed by atoms with Crippen molar-refractivity contribution in [3.05, 3.63) is 34.1 Å². The van der Waals surface area contributed by atoms with Crippen molar-refractivity contribution in [3.63, 3.8) is 0 Å². The minimum Gasteiger partial charge on any atom is -0.462 e. The number of halogens is 4. The van der Waals surface area contributed by atoms with Gasteiger partial charge >= 0.3 is 0 Å². The van der Waals surface area contributed by atoms with E-state index in [4.69, 9.17) is 4.55 Å². The summed E-state index contributed by atoms with van der Waals surface area (Å²) in [6.07, 6.45) is -3.10. The molecule has 0 amide bonds. The van der Waals surface area contributed by atoms with Crippen LogP contribution in [0.2, 0.25) is 0 Å². The number of carbonyl (C=O) groups is 1. The highest BCUT2D eigenvalue weighted by Crippen LogP contribution is 2.34. The molecule has 0 aromatic heterocycles. The van der Waals surface area contributed by atoms with Crippen LogP contribution in [0, 0.1) is 5.82 Å². The maximum Gasteiger partial charge on any atom is 0.293 e. The van der Waals surface area contributed by atoms with Gasteiger partial charge in [-0.15, -0.1) is 0 Å². The van der Waals surface area contributed by atoms with Gasteiger partial charge < -0.3 is 10.1 Å². The second-order valence-electron chi connectivity index (χ2n) is 7.00. The summed E-state index contributed by atoms with van der Waals surface area (Å²) in [5, 5.41) is 3.02. The maximum atomic E-state index is 13.9. The molecule has 28 heavy (non-hydrogen) atoms. The third kappa shape index (κ3) is 6.69. The van der Waals surface area contributed by atoms with E-state index in [2.05, 4.69) is 31.3 Å². The minimum absolute atomic E-state index is 0.261. The number of alkyl halides is 2. The highest BCUT2D eigenvalue weighted by Gasteiger charge is 2.49. The maximum absolute atomic E-state index is 13.9. The summed E-state index contributed by atoms with van der Waals surface area (Å²) in [5.41, 5.74) is -2.96. The minimum atomic E-state index is -4.60. The smallest absolute Gasteiger partial charge is 0.293 e. The van der Waals surface area contributed by atoms with E-state index in [9.17, 15) is 26.4 Å². The number of hydrogen-bond acceptors (Lipinski definition) is 6. The summed E-state index contributed by atoms with van der Waals surface area (Å²) in [6, 6.07) is 3.50. The lowest BCUT2D eigenvalue weighted by Crippen LogP contribution is -2.66. The van der Waals surface area contributed by atoms with Crippen LogP contribution >= 0.6 is 15.9 Å². The molecule has 0 saturated carbocycles. The average molecular weight is 491 g/mol. The highest BCUT2D eigenvalue weighted by atomic mass is 79.9. The normalized spacial score (nSPS) is 23.0. The molecule has 2 atom stereocenters. The Morgan fingerprint density at radius 1 is 1.39 bits per heavy atom. The Kier molecular flexibility index (Phi) is 8.45. The fraction of sp³-hybridized carbons (Fsp3) is 0.562. The standard InChI is InChI=1S/C11H12BrF3N2O3S.C5H10O2/c12-6-1-2-8(13)7(3-6)11(10(14)15)5-16-4-9(17-11)21(18,19)20;1-5(2,3)7-4-6/h1-3,9-10,16-17H,4-5H2,(H,18,19,20);4H,1-3H3. The van der Waals surface area contributed by atoms with Gasteiger partial charge in [-0.25, -0.2) is 13.2 Å². The van der Waals surface area contributed by atoms with Crippen LogP contribution in [-0.2, 0) is 25.2 Å². The molecule has 1 fully saturated rings. The number of piperazine rings is 1. The van der Waals surface area contributed by atoms with Gasteiger partial charge in [0.2, 0.25) is 0 Å². The number of rotatable bonds is 4. The van der Waals surface area contributed by atoms with Crippen LogP contribution in [0.5, 0.6) is 0 Å². The third-order valence-corrected chi connectivity index (χ3v) is 5.19. The molecule has 1 saturated heterocycles. The zero-order chi connectivity index (χ0) is 21.8. The van der Waals surface area contributed by atoms with Gasteiger partial charge in [0.1, 0.15) is 22.3 Å². The molecule has 1 aliphatic heterocycles. The monoisotopic (exact) mass is 490 g/mol. The van der Waals surface area contributed by atoms with E-state index in [1.807, 2.05) is 20.8 Å². The Hall–Kier alpha value is -1.21. The van der Waals surface area contributed by atoms with Crippen molar-refractivity contribution < 1.29 is 35.7 Å². The number of hydrogen-bond donors (Lipinski definition) is 3. The lowest BCUT2D eigenvalue weighted by molar-refractivity contribution is -0.138. The Morgan fingerprint density at radius 2 is 2.00 bits per heavy atom. The topological polar surface area (TPSA) is 105 Å². The lowest BCUT2D eigenvalue weighted by atomic mass is 9.88. The van der Waals surface area contributed by atoms with Crippen molar-refractivity contribution in [1.29, 1.82) is 0 Å². The highest BCUT2D eigenvalue weighted by molar-refractivity contribution is 9.10. The Labute approximate surface area is 169 Å². The first-order chi connectivity index (χ1) is 12.7. The molecule has 1 aromatic carbocycles. The van der Waals surface area contributed by atoms with Crippen LogP contribution in [0.15, 0.2) is 22.7 Å². The van der Waals surface area contributed by atoms with E-state index >= 15 is 0 Å². The van der Waals surface area contributed by atoms with Crippen LogP contribution in [0.4, 0.5) is 13.2 Å². The van der Waals surface area contributed by atoms with Gasteiger partial charge in [0.15, 0.2) is 0 Å². The zero-order valence-electron chi connectivity index (χ0n) is 15.4. The molecule has 160 valence electrons. The van der Waals surface area contributed by atoms with Gasteiger partial charge in [0.25, 0.3) is 23.0 Å². The van der Waals surface area contributed by atoms with Crippen molar-refractivity contribution in [2.75, 3.05) is 13.1 Å². The molecular formula is C16H22BrF3N2O5S. The Balaban J connectivity index is 0.000000480. The van der Waals surface area contributed by atoms with Crippen molar-refractivity contribution in [2.24, 2.45) is 0 Å². The first-order valence-electron chi connectivity index (χ1n) is 8.03. The van der Waals surface area contributed by atoms with E-state index in [1.165, 1.54) is 6.07 Å². The van der Waals surface area contributed by atoms with Gasteiger partial charge in [-0.05, 0) is 39.0 Å².